The van der Waals surface area contributed by atoms with Crippen molar-refractivity contribution in [1.29, 1.82) is 0 Å². The van der Waals surface area contributed by atoms with E-state index in [1.54, 1.807) is 23.0 Å². The molecule has 1 aliphatic carbocycles. The molecule has 142 valence electrons. The van der Waals surface area contributed by atoms with Crippen LogP contribution in [0.15, 0.2) is 36.7 Å². The van der Waals surface area contributed by atoms with Gasteiger partial charge in [0.05, 0.1) is 16.6 Å². The van der Waals surface area contributed by atoms with E-state index in [-0.39, 0.29) is 11.3 Å². The van der Waals surface area contributed by atoms with E-state index in [1.807, 2.05) is 18.2 Å². The van der Waals surface area contributed by atoms with Crippen molar-refractivity contribution in [1.82, 2.24) is 14.9 Å². The van der Waals surface area contributed by atoms with E-state index >= 15 is 0 Å². The minimum Gasteiger partial charge on any atom is -0.341 e. The summed E-state index contributed by atoms with van der Waals surface area (Å²) in [6.45, 7) is 0. The van der Waals surface area contributed by atoms with Gasteiger partial charge in [0.2, 0.25) is 0 Å². The zero-order chi connectivity index (χ0) is 19.2. The molecule has 0 spiro atoms. The Kier molecular flexibility index (Phi) is 4.65. The minimum atomic E-state index is -3.01. The number of halogens is 3. The minimum absolute atomic E-state index is 0.263. The number of nitrogens with two attached hydrogens (primary N) is 1. The zero-order valence-electron chi connectivity index (χ0n) is 14.2. The van der Waals surface area contributed by atoms with Crippen molar-refractivity contribution in [3.8, 4) is 11.1 Å². The van der Waals surface area contributed by atoms with Crippen molar-refractivity contribution in [3.05, 3.63) is 45.9 Å². The first-order valence-corrected chi connectivity index (χ1v) is 9.72. The van der Waals surface area contributed by atoms with Gasteiger partial charge in [-0.15, -0.1) is 11.3 Å². The molecule has 1 amide bonds. The fraction of sp³-hybridized carbons (Fsp3) is 0.333. The lowest BCUT2D eigenvalue weighted by Gasteiger charge is -2.36. The summed E-state index contributed by atoms with van der Waals surface area (Å²) in [6.07, 6.45) is 4.00. The topological polar surface area (TPSA) is 72.4 Å². The molecule has 0 bridgehead atoms. The van der Waals surface area contributed by atoms with Gasteiger partial charge in [-0.1, -0.05) is 17.7 Å². The SMILES string of the molecule is NC1CCCC(F)(F)C1NC(=O)c1cc(-c2cnn3ccccc23)c(Cl)s1. The van der Waals surface area contributed by atoms with E-state index in [9.17, 15) is 13.6 Å². The van der Waals surface area contributed by atoms with Gasteiger partial charge in [-0.3, -0.25) is 4.79 Å². The largest absolute Gasteiger partial charge is 0.341 e. The summed E-state index contributed by atoms with van der Waals surface area (Å²) in [6, 6.07) is 5.08. The van der Waals surface area contributed by atoms with Crippen LogP contribution in [0.25, 0.3) is 16.6 Å². The first-order valence-electron chi connectivity index (χ1n) is 8.53. The number of rotatable bonds is 3. The van der Waals surface area contributed by atoms with Crippen molar-refractivity contribution >= 4 is 34.4 Å². The quantitative estimate of drug-likeness (QED) is 0.686. The summed E-state index contributed by atoms with van der Waals surface area (Å²) in [7, 11) is 0. The molecule has 3 aromatic heterocycles. The number of carbonyl (C=O) groups is 1. The van der Waals surface area contributed by atoms with Crippen LogP contribution in [0.4, 0.5) is 8.78 Å². The van der Waals surface area contributed by atoms with Crippen molar-refractivity contribution < 1.29 is 13.6 Å². The molecule has 0 saturated heterocycles. The molecule has 4 rings (SSSR count). The Labute approximate surface area is 163 Å². The summed E-state index contributed by atoms with van der Waals surface area (Å²) in [4.78, 5) is 12.8. The van der Waals surface area contributed by atoms with Crippen LogP contribution in [0.2, 0.25) is 4.34 Å². The smallest absolute Gasteiger partial charge is 0.269 e. The second kappa shape index (κ2) is 6.85. The van der Waals surface area contributed by atoms with Gasteiger partial charge in [-0.25, -0.2) is 13.3 Å². The number of thiophene rings is 1. The van der Waals surface area contributed by atoms with Crippen LogP contribution in [0.1, 0.15) is 28.9 Å². The van der Waals surface area contributed by atoms with Gasteiger partial charge in [0.25, 0.3) is 11.8 Å². The van der Waals surface area contributed by atoms with Crippen LogP contribution in [0.5, 0.6) is 0 Å². The third kappa shape index (κ3) is 3.33. The highest BCUT2D eigenvalue weighted by molar-refractivity contribution is 7.18. The van der Waals surface area contributed by atoms with Gasteiger partial charge in [0, 0.05) is 29.8 Å². The van der Waals surface area contributed by atoms with Gasteiger partial charge in [0.15, 0.2) is 0 Å². The Hall–Kier alpha value is -2.03. The van der Waals surface area contributed by atoms with Crippen LogP contribution in [0.3, 0.4) is 0 Å². The Morgan fingerprint density at radius 3 is 3.00 bits per heavy atom. The van der Waals surface area contributed by atoms with Gasteiger partial charge in [-0.2, -0.15) is 5.10 Å². The second-order valence-electron chi connectivity index (χ2n) is 6.65. The average Bonchev–Trinajstić information content (AvgIpc) is 3.21. The molecule has 9 heteroatoms. The van der Waals surface area contributed by atoms with Gasteiger partial charge in [-0.05, 0) is 31.0 Å². The number of pyridine rings is 1. The Morgan fingerprint density at radius 1 is 1.41 bits per heavy atom. The molecule has 0 aromatic carbocycles. The molecule has 5 nitrogen and oxygen atoms in total. The first kappa shape index (κ1) is 18.3. The predicted octanol–water partition coefficient (Wildman–Crippen LogP) is 3.96. The lowest BCUT2D eigenvalue weighted by molar-refractivity contribution is -0.0674. The van der Waals surface area contributed by atoms with E-state index in [1.165, 1.54) is 0 Å². The average molecular weight is 411 g/mol. The highest BCUT2D eigenvalue weighted by Crippen LogP contribution is 2.38. The van der Waals surface area contributed by atoms with Gasteiger partial charge >= 0.3 is 0 Å². The molecule has 2 atom stereocenters. The number of nitrogens with zero attached hydrogens (tertiary/aromatic N) is 2. The third-order valence-corrected chi connectivity index (χ3v) is 6.20. The van der Waals surface area contributed by atoms with Crippen molar-refractivity contribution in [2.45, 2.75) is 37.3 Å². The van der Waals surface area contributed by atoms with E-state index in [0.29, 0.717) is 22.7 Å². The number of carbonyl (C=O) groups excluding carboxylic acids is 1. The Morgan fingerprint density at radius 2 is 2.22 bits per heavy atom. The van der Waals surface area contributed by atoms with E-state index in [0.717, 1.165) is 22.4 Å². The second-order valence-corrected chi connectivity index (χ2v) is 8.31. The Bertz CT molecular complexity index is 1000. The fourth-order valence-electron chi connectivity index (χ4n) is 3.44. The third-order valence-electron chi connectivity index (χ3n) is 4.84. The number of alkyl halides is 2. The van der Waals surface area contributed by atoms with Crippen molar-refractivity contribution in [2.24, 2.45) is 5.73 Å². The molecule has 3 aromatic rings. The molecule has 3 heterocycles. The summed E-state index contributed by atoms with van der Waals surface area (Å²) in [5.41, 5.74) is 8.08. The number of hydrogen-bond donors (Lipinski definition) is 2. The van der Waals surface area contributed by atoms with Crippen molar-refractivity contribution in [3.63, 3.8) is 0 Å². The summed E-state index contributed by atoms with van der Waals surface area (Å²) < 4.78 is 30.4. The standard InChI is InChI=1S/C18H17ClF2N4OS/c19-16-10(11-9-23-25-7-2-1-5-13(11)25)8-14(27-16)17(26)24-15-12(22)4-3-6-18(15,20)21/h1-2,5,7-9,12,15H,3-4,6,22H2,(H,24,26). The molecule has 0 aliphatic heterocycles. The lowest BCUT2D eigenvalue weighted by atomic mass is 9.87. The number of amides is 1. The van der Waals surface area contributed by atoms with Crippen LogP contribution in [0, 0.1) is 0 Å². The number of hydrogen-bond acceptors (Lipinski definition) is 4. The molecule has 1 fully saturated rings. The highest BCUT2D eigenvalue weighted by atomic mass is 35.5. The summed E-state index contributed by atoms with van der Waals surface area (Å²) in [5, 5.41) is 6.67. The van der Waals surface area contributed by atoms with E-state index in [2.05, 4.69) is 10.4 Å². The van der Waals surface area contributed by atoms with Crippen LogP contribution >= 0.6 is 22.9 Å². The van der Waals surface area contributed by atoms with Crippen molar-refractivity contribution in [2.75, 3.05) is 0 Å². The molecular formula is C18H17ClF2N4OS. The monoisotopic (exact) mass is 410 g/mol. The van der Waals surface area contributed by atoms with E-state index in [4.69, 9.17) is 17.3 Å². The zero-order valence-corrected chi connectivity index (χ0v) is 15.7. The number of aromatic nitrogens is 2. The molecule has 27 heavy (non-hydrogen) atoms. The number of nitrogens with one attached hydrogen (secondary N) is 1. The maximum Gasteiger partial charge on any atom is 0.269 e. The van der Waals surface area contributed by atoms with Gasteiger partial charge in [0.1, 0.15) is 10.4 Å². The number of fused-ring (bicyclic) bond motifs is 1. The highest BCUT2D eigenvalue weighted by Gasteiger charge is 2.46. The van der Waals surface area contributed by atoms with Crippen LogP contribution in [-0.4, -0.2) is 33.5 Å². The molecule has 2 unspecified atom stereocenters. The molecule has 1 aliphatic rings. The maximum atomic E-state index is 14.1. The molecule has 1 saturated carbocycles. The van der Waals surface area contributed by atoms with E-state index < -0.39 is 23.9 Å². The maximum absolute atomic E-state index is 14.1. The molecule has 3 N–H and O–H groups in total. The summed E-state index contributed by atoms with van der Waals surface area (Å²) >= 11 is 7.39. The predicted molar refractivity (Wildman–Crippen MR) is 102 cm³/mol. The van der Waals surface area contributed by atoms with Gasteiger partial charge < -0.3 is 11.1 Å². The lowest BCUT2D eigenvalue weighted by Crippen LogP contribution is -2.59. The normalized spacial score (nSPS) is 22.1. The Balaban J connectivity index is 1.62. The van der Waals surface area contributed by atoms with Crippen LogP contribution in [-0.2, 0) is 0 Å². The molecular weight excluding hydrogens is 394 g/mol. The summed E-state index contributed by atoms with van der Waals surface area (Å²) in [5.74, 6) is -3.61. The fourth-order valence-corrected chi connectivity index (χ4v) is 4.65. The first-order chi connectivity index (χ1) is 12.9. The molecule has 0 radical (unpaired) electrons. The van der Waals surface area contributed by atoms with Crippen LogP contribution < -0.4 is 11.1 Å².